The normalized spacial score (nSPS) is 48.0. The Hall–Kier alpha value is -0.410. The number of hydrogen-bond acceptors (Lipinski definition) is 2. The Balaban J connectivity index is 1.70. The van der Waals surface area contributed by atoms with Crippen LogP contribution in [0.2, 0.25) is 0 Å². The second-order valence-corrected chi connectivity index (χ2v) is 10.7. The molecule has 6 atom stereocenters. The van der Waals surface area contributed by atoms with E-state index >= 15 is 0 Å². The van der Waals surface area contributed by atoms with E-state index in [-0.39, 0.29) is 16.9 Å². The van der Waals surface area contributed by atoms with Crippen molar-refractivity contribution in [2.24, 2.45) is 28.6 Å². The van der Waals surface area contributed by atoms with E-state index in [1.807, 2.05) is 0 Å². The number of allylic oxidation sites excluding steroid dienone is 4. The van der Waals surface area contributed by atoms with Gasteiger partial charge in [-0.2, -0.15) is 0 Å². The Labute approximate surface area is 144 Å². The molecule has 2 saturated carbocycles. The van der Waals surface area contributed by atoms with E-state index in [2.05, 4.69) is 19.9 Å². The van der Waals surface area contributed by atoms with Gasteiger partial charge in [0.15, 0.2) is 0 Å². The van der Waals surface area contributed by atoms with Gasteiger partial charge in [0, 0.05) is 5.31 Å². The van der Waals surface area contributed by atoms with Crippen LogP contribution in [0.5, 0.6) is 0 Å². The fraction of sp³-hybridized carbons (Fsp3) is 0.789. The van der Waals surface area contributed by atoms with Crippen LogP contribution in [0.4, 0.5) is 0 Å². The first-order valence-electron chi connectivity index (χ1n) is 9.31. The van der Waals surface area contributed by atoms with Crippen molar-refractivity contribution in [3.05, 3.63) is 23.0 Å². The molecule has 0 aromatic heterocycles. The highest BCUT2D eigenvalue weighted by atomic mass is 31.2. The molecule has 24 heavy (non-hydrogen) atoms. The molecule has 0 amide bonds. The maximum atomic E-state index is 11.6. The molecule has 3 N–H and O–H groups in total. The van der Waals surface area contributed by atoms with E-state index in [0.717, 1.165) is 44.1 Å². The summed E-state index contributed by atoms with van der Waals surface area (Å²) < 4.78 is 11.6. The molecule has 0 aromatic rings. The summed E-state index contributed by atoms with van der Waals surface area (Å²) >= 11 is 0. The molecule has 0 radical (unpaired) electrons. The van der Waals surface area contributed by atoms with Gasteiger partial charge >= 0.3 is 7.60 Å². The minimum Gasteiger partial charge on any atom is -0.393 e. The maximum Gasteiger partial charge on any atom is 0.352 e. The van der Waals surface area contributed by atoms with Gasteiger partial charge in [-0.05, 0) is 85.2 Å². The first-order chi connectivity index (χ1) is 11.2. The van der Waals surface area contributed by atoms with Crippen molar-refractivity contribution in [2.45, 2.75) is 64.9 Å². The van der Waals surface area contributed by atoms with Crippen LogP contribution in [0.1, 0.15) is 58.8 Å². The summed E-state index contributed by atoms with van der Waals surface area (Å²) in [5.41, 5.74) is 1.26. The summed E-state index contributed by atoms with van der Waals surface area (Å²) in [7, 11) is -4.12. The third-order valence-corrected chi connectivity index (χ3v) is 9.17. The SMILES string of the molecule is C[C@]12CCC(P(=O)(O)O)=CC1=CC[C@@H]1[C@H]2CC[C@]2(C)C(O)CC[C@@H]12. The largest absolute Gasteiger partial charge is 0.393 e. The average molecular weight is 352 g/mol. The quantitative estimate of drug-likeness (QED) is 0.624. The molecule has 5 heteroatoms. The fourth-order valence-electron chi connectivity index (χ4n) is 6.51. The molecule has 4 aliphatic carbocycles. The summed E-state index contributed by atoms with van der Waals surface area (Å²) in [6.45, 7) is 4.58. The van der Waals surface area contributed by atoms with Crippen LogP contribution in [0.25, 0.3) is 0 Å². The minimum atomic E-state index is -4.12. The number of rotatable bonds is 1. The second-order valence-electron chi connectivity index (χ2n) is 9.01. The molecule has 0 aliphatic heterocycles. The number of fused-ring (bicyclic) bond motifs is 5. The summed E-state index contributed by atoms with van der Waals surface area (Å²) in [6, 6.07) is 0. The Morgan fingerprint density at radius 2 is 1.88 bits per heavy atom. The van der Waals surface area contributed by atoms with Gasteiger partial charge in [0.2, 0.25) is 0 Å². The van der Waals surface area contributed by atoms with Gasteiger partial charge in [0.25, 0.3) is 0 Å². The zero-order valence-electron chi connectivity index (χ0n) is 14.6. The molecular formula is C19H29O4P. The molecular weight excluding hydrogens is 323 g/mol. The predicted molar refractivity (Wildman–Crippen MR) is 93.2 cm³/mol. The maximum absolute atomic E-state index is 11.6. The first-order valence-corrected chi connectivity index (χ1v) is 10.9. The topological polar surface area (TPSA) is 77.8 Å². The van der Waals surface area contributed by atoms with E-state index in [1.165, 1.54) is 0 Å². The standard InChI is InChI=1S/C19H29O4P/c1-18-9-7-13(24(21,22)23)11-12(18)3-4-14-15-5-6-17(20)19(15,2)10-8-16(14)18/h3,11,14-17,20H,4-10H2,1-2H3,(H2,21,22,23)/t14-,15-,16+,17?,18-,19-/m0/s1. The van der Waals surface area contributed by atoms with Gasteiger partial charge in [-0.1, -0.05) is 19.9 Å². The van der Waals surface area contributed by atoms with E-state index in [4.69, 9.17) is 0 Å². The van der Waals surface area contributed by atoms with E-state index < -0.39 is 7.60 Å². The zero-order valence-corrected chi connectivity index (χ0v) is 15.5. The van der Waals surface area contributed by atoms with Gasteiger partial charge < -0.3 is 14.9 Å². The average Bonchev–Trinajstić information content (AvgIpc) is 2.81. The monoisotopic (exact) mass is 352 g/mol. The summed E-state index contributed by atoms with van der Waals surface area (Å²) in [5, 5.41) is 10.8. The van der Waals surface area contributed by atoms with Crippen LogP contribution in [0.3, 0.4) is 0 Å². The molecule has 0 bridgehead atoms. The molecule has 0 saturated heterocycles. The Morgan fingerprint density at radius 1 is 1.12 bits per heavy atom. The fourth-order valence-corrected chi connectivity index (χ4v) is 7.22. The van der Waals surface area contributed by atoms with E-state index in [0.29, 0.717) is 29.5 Å². The molecule has 4 nitrogen and oxygen atoms in total. The van der Waals surface area contributed by atoms with Crippen molar-refractivity contribution < 1.29 is 19.5 Å². The van der Waals surface area contributed by atoms with Crippen molar-refractivity contribution >= 4 is 7.60 Å². The molecule has 2 fully saturated rings. The van der Waals surface area contributed by atoms with Gasteiger partial charge in [0.05, 0.1) is 6.10 Å². The van der Waals surface area contributed by atoms with Gasteiger partial charge in [0.1, 0.15) is 0 Å². The lowest BCUT2D eigenvalue weighted by Gasteiger charge is -2.56. The molecule has 4 rings (SSSR count). The van der Waals surface area contributed by atoms with Crippen LogP contribution in [-0.2, 0) is 4.57 Å². The highest BCUT2D eigenvalue weighted by Gasteiger charge is 2.58. The lowest BCUT2D eigenvalue weighted by Crippen LogP contribution is -2.50. The van der Waals surface area contributed by atoms with E-state index in [9.17, 15) is 19.5 Å². The summed E-state index contributed by atoms with van der Waals surface area (Å²) in [4.78, 5) is 19.0. The lowest BCUT2D eigenvalue weighted by atomic mass is 9.49. The van der Waals surface area contributed by atoms with E-state index in [1.54, 1.807) is 6.08 Å². The Morgan fingerprint density at radius 3 is 2.58 bits per heavy atom. The second kappa shape index (κ2) is 5.30. The van der Waals surface area contributed by atoms with Crippen molar-refractivity contribution in [1.82, 2.24) is 0 Å². The van der Waals surface area contributed by atoms with Crippen molar-refractivity contribution in [3.8, 4) is 0 Å². The van der Waals surface area contributed by atoms with Gasteiger partial charge in [-0.3, -0.25) is 4.57 Å². The lowest BCUT2D eigenvalue weighted by molar-refractivity contribution is -0.0625. The van der Waals surface area contributed by atoms with Crippen molar-refractivity contribution in [3.63, 3.8) is 0 Å². The Bertz CT molecular complexity index is 662. The zero-order chi connectivity index (χ0) is 17.3. The predicted octanol–water partition coefficient (Wildman–Crippen LogP) is 3.98. The van der Waals surface area contributed by atoms with Crippen LogP contribution in [-0.4, -0.2) is 21.0 Å². The van der Waals surface area contributed by atoms with Crippen molar-refractivity contribution in [2.75, 3.05) is 0 Å². The molecule has 1 unspecified atom stereocenters. The summed E-state index contributed by atoms with van der Waals surface area (Å²) in [6.07, 6.45) is 10.5. The molecule has 0 aromatic carbocycles. The number of aliphatic hydroxyl groups excluding tert-OH is 1. The van der Waals surface area contributed by atoms with Crippen LogP contribution < -0.4 is 0 Å². The number of aliphatic hydroxyl groups is 1. The van der Waals surface area contributed by atoms with Crippen LogP contribution >= 0.6 is 7.60 Å². The highest BCUT2D eigenvalue weighted by molar-refractivity contribution is 7.56. The Kier molecular flexibility index (Phi) is 3.76. The third kappa shape index (κ3) is 2.26. The van der Waals surface area contributed by atoms with Gasteiger partial charge in [-0.25, -0.2) is 0 Å². The molecule has 134 valence electrons. The van der Waals surface area contributed by atoms with Gasteiger partial charge in [-0.15, -0.1) is 0 Å². The number of hydrogen-bond donors (Lipinski definition) is 3. The molecule has 4 aliphatic rings. The molecule has 0 heterocycles. The summed E-state index contributed by atoms with van der Waals surface area (Å²) in [5.74, 6) is 1.78. The van der Waals surface area contributed by atoms with Crippen molar-refractivity contribution in [1.29, 1.82) is 0 Å². The third-order valence-electron chi connectivity index (χ3n) is 8.07. The van der Waals surface area contributed by atoms with Crippen LogP contribution in [0.15, 0.2) is 23.0 Å². The smallest absolute Gasteiger partial charge is 0.352 e. The van der Waals surface area contributed by atoms with Crippen LogP contribution in [0, 0.1) is 28.6 Å². The molecule has 0 spiro atoms. The first kappa shape index (κ1) is 17.0. The highest BCUT2D eigenvalue weighted by Crippen LogP contribution is 2.65. The minimum absolute atomic E-state index is 0.0382.